The molecule has 1 aliphatic heterocycles. The molecular formula is C14H17I3NO2+. The molecule has 3 nitrogen and oxygen atoms in total. The van der Waals surface area contributed by atoms with Gasteiger partial charge in [0.2, 0.25) is 0 Å². The summed E-state index contributed by atoms with van der Waals surface area (Å²) in [5, 5.41) is 0. The van der Waals surface area contributed by atoms with E-state index in [0.29, 0.717) is 18.1 Å². The van der Waals surface area contributed by atoms with Crippen molar-refractivity contribution in [2.75, 3.05) is 26.7 Å². The number of esters is 1. The van der Waals surface area contributed by atoms with Crippen LogP contribution >= 0.6 is 67.8 Å². The van der Waals surface area contributed by atoms with Crippen LogP contribution in [0.3, 0.4) is 0 Å². The molecule has 0 aromatic heterocycles. The minimum absolute atomic E-state index is 0.186. The van der Waals surface area contributed by atoms with E-state index in [-0.39, 0.29) is 5.97 Å². The van der Waals surface area contributed by atoms with Crippen LogP contribution in [0.15, 0.2) is 12.1 Å². The third-order valence-corrected chi connectivity index (χ3v) is 7.18. The molecule has 1 heterocycles. The Bertz CT molecular complexity index is 507. The van der Waals surface area contributed by atoms with Crippen molar-refractivity contribution in [2.45, 2.75) is 12.8 Å². The first kappa shape index (κ1) is 17.2. The summed E-state index contributed by atoms with van der Waals surface area (Å²) in [5.41, 5.74) is 0.693. The van der Waals surface area contributed by atoms with Crippen molar-refractivity contribution < 1.29 is 14.4 Å². The first-order chi connectivity index (χ1) is 9.47. The number of carbonyl (C=O) groups excluding carboxylic acids is 1. The van der Waals surface area contributed by atoms with E-state index in [1.165, 1.54) is 24.3 Å². The topological polar surface area (TPSA) is 30.7 Å². The second-order valence-electron chi connectivity index (χ2n) is 5.27. The van der Waals surface area contributed by atoms with Crippen molar-refractivity contribution in [1.29, 1.82) is 0 Å². The van der Waals surface area contributed by atoms with Crippen LogP contribution in [0, 0.1) is 16.6 Å². The van der Waals surface area contributed by atoms with Gasteiger partial charge in [-0.15, -0.1) is 0 Å². The Morgan fingerprint density at radius 3 is 2.85 bits per heavy atom. The number of halogens is 3. The fourth-order valence-electron chi connectivity index (χ4n) is 2.51. The lowest BCUT2D eigenvalue weighted by Gasteiger charge is -2.26. The third kappa shape index (κ3) is 4.67. The molecule has 0 aliphatic carbocycles. The van der Waals surface area contributed by atoms with Crippen LogP contribution in [0.5, 0.6) is 0 Å². The van der Waals surface area contributed by atoms with Gasteiger partial charge >= 0.3 is 5.97 Å². The van der Waals surface area contributed by atoms with Gasteiger partial charge in [-0.1, -0.05) is 0 Å². The van der Waals surface area contributed by atoms with Gasteiger partial charge in [-0.25, -0.2) is 4.79 Å². The van der Waals surface area contributed by atoms with E-state index < -0.39 is 0 Å². The molecule has 20 heavy (non-hydrogen) atoms. The summed E-state index contributed by atoms with van der Waals surface area (Å²) >= 11 is 6.71. The molecule has 1 fully saturated rings. The zero-order valence-electron chi connectivity index (χ0n) is 11.2. The average Bonchev–Trinajstić information content (AvgIpc) is 2.40. The summed E-state index contributed by atoms with van der Waals surface area (Å²) in [7, 11) is 2.21. The van der Waals surface area contributed by atoms with Gasteiger partial charge < -0.3 is 9.64 Å². The van der Waals surface area contributed by atoms with E-state index in [9.17, 15) is 4.79 Å². The highest BCUT2D eigenvalue weighted by atomic mass is 127. The van der Waals surface area contributed by atoms with Crippen molar-refractivity contribution in [2.24, 2.45) is 5.92 Å². The van der Waals surface area contributed by atoms with E-state index in [0.717, 1.165) is 17.3 Å². The minimum atomic E-state index is -0.186. The van der Waals surface area contributed by atoms with Gasteiger partial charge in [-0.05, 0) is 92.7 Å². The maximum atomic E-state index is 12.3. The molecule has 0 amide bonds. The van der Waals surface area contributed by atoms with Crippen LogP contribution in [0.4, 0.5) is 0 Å². The number of rotatable bonds is 3. The molecule has 1 aromatic rings. The smallest absolute Gasteiger partial charge is 0.339 e. The van der Waals surface area contributed by atoms with Crippen LogP contribution in [0.25, 0.3) is 0 Å². The zero-order chi connectivity index (χ0) is 14.7. The van der Waals surface area contributed by atoms with Gasteiger partial charge in [0.15, 0.2) is 0 Å². The van der Waals surface area contributed by atoms with Gasteiger partial charge in [0.25, 0.3) is 0 Å². The number of quaternary nitrogens is 1. The second kappa shape index (κ2) is 7.91. The highest BCUT2D eigenvalue weighted by Crippen LogP contribution is 2.23. The molecule has 1 aromatic carbocycles. The van der Waals surface area contributed by atoms with Crippen LogP contribution in [-0.4, -0.2) is 32.7 Å². The molecule has 110 valence electrons. The standard InChI is InChI=1S/C14H16I3NO2/c1-18-4-2-3-9(7-18)8-20-14(19)11-5-10(15)6-12(16)13(11)17/h5-6,9H,2-4,7-8H2,1H3/p+1. The average molecular weight is 612 g/mol. The van der Waals surface area contributed by atoms with Gasteiger partial charge in [-0.3, -0.25) is 0 Å². The molecular weight excluding hydrogens is 595 g/mol. The number of ether oxygens (including phenoxy) is 1. The summed E-state index contributed by atoms with van der Waals surface area (Å²) in [6.45, 7) is 2.89. The van der Waals surface area contributed by atoms with Crippen molar-refractivity contribution in [3.8, 4) is 0 Å². The van der Waals surface area contributed by atoms with E-state index in [2.05, 4.69) is 80.9 Å². The lowest BCUT2D eigenvalue weighted by Crippen LogP contribution is -3.10. The third-order valence-electron chi connectivity index (χ3n) is 3.52. The molecule has 2 atom stereocenters. The summed E-state index contributed by atoms with van der Waals surface area (Å²) in [6.07, 6.45) is 2.40. The Morgan fingerprint density at radius 1 is 1.40 bits per heavy atom. The number of likely N-dealkylation sites (tertiary alicyclic amines) is 1. The molecule has 0 saturated carbocycles. The lowest BCUT2D eigenvalue weighted by molar-refractivity contribution is -0.888. The SMILES string of the molecule is C[NH+]1CCCC(COC(=O)c2cc(I)cc(I)c2I)C1. The Labute approximate surface area is 160 Å². The number of hydrogen-bond donors (Lipinski definition) is 1. The first-order valence-electron chi connectivity index (χ1n) is 6.60. The van der Waals surface area contributed by atoms with Crippen molar-refractivity contribution in [3.05, 3.63) is 28.4 Å². The quantitative estimate of drug-likeness (QED) is 0.324. The van der Waals surface area contributed by atoms with Gasteiger partial charge in [0.1, 0.15) is 0 Å². The van der Waals surface area contributed by atoms with Crippen molar-refractivity contribution >= 4 is 73.7 Å². The number of benzene rings is 1. The van der Waals surface area contributed by atoms with Crippen LogP contribution < -0.4 is 4.90 Å². The number of nitrogens with one attached hydrogen (secondary N) is 1. The largest absolute Gasteiger partial charge is 0.462 e. The number of carbonyl (C=O) groups is 1. The Kier molecular flexibility index (Phi) is 6.80. The van der Waals surface area contributed by atoms with Crippen LogP contribution in [0.2, 0.25) is 0 Å². The second-order valence-corrected chi connectivity index (χ2v) is 8.75. The highest BCUT2D eigenvalue weighted by Gasteiger charge is 2.23. The summed E-state index contributed by atoms with van der Waals surface area (Å²) < 4.78 is 8.70. The van der Waals surface area contributed by atoms with Crippen molar-refractivity contribution in [1.82, 2.24) is 0 Å². The molecule has 6 heteroatoms. The first-order valence-corrected chi connectivity index (χ1v) is 9.84. The monoisotopic (exact) mass is 612 g/mol. The predicted molar refractivity (Wildman–Crippen MR) is 104 cm³/mol. The van der Waals surface area contributed by atoms with Gasteiger partial charge in [0.05, 0.1) is 32.3 Å². The van der Waals surface area contributed by atoms with E-state index in [1.54, 1.807) is 0 Å². The molecule has 0 bridgehead atoms. The van der Waals surface area contributed by atoms with Gasteiger partial charge in [-0.2, -0.15) is 0 Å². The summed E-state index contributed by atoms with van der Waals surface area (Å²) in [4.78, 5) is 13.8. The molecule has 2 rings (SSSR count). The normalized spacial score (nSPS) is 22.6. The van der Waals surface area contributed by atoms with E-state index in [4.69, 9.17) is 4.74 Å². The summed E-state index contributed by atoms with van der Waals surface area (Å²) in [5.74, 6) is 0.321. The molecule has 2 unspecified atom stereocenters. The molecule has 0 radical (unpaired) electrons. The fraction of sp³-hybridized carbons (Fsp3) is 0.500. The van der Waals surface area contributed by atoms with Gasteiger partial charge in [0, 0.05) is 16.6 Å². The van der Waals surface area contributed by atoms with Crippen molar-refractivity contribution in [3.63, 3.8) is 0 Å². The molecule has 0 spiro atoms. The maximum absolute atomic E-state index is 12.3. The zero-order valence-corrected chi connectivity index (χ0v) is 17.7. The molecule has 1 saturated heterocycles. The van der Waals surface area contributed by atoms with E-state index in [1.807, 2.05) is 6.07 Å². The Morgan fingerprint density at radius 2 is 2.15 bits per heavy atom. The minimum Gasteiger partial charge on any atom is -0.462 e. The lowest BCUT2D eigenvalue weighted by atomic mass is 10.00. The predicted octanol–water partition coefficient (Wildman–Crippen LogP) is 2.58. The maximum Gasteiger partial charge on any atom is 0.339 e. The van der Waals surface area contributed by atoms with Crippen LogP contribution in [-0.2, 0) is 4.74 Å². The summed E-state index contributed by atoms with van der Waals surface area (Å²) in [6, 6.07) is 3.98. The Balaban J connectivity index is 1.98. The van der Waals surface area contributed by atoms with Crippen LogP contribution in [0.1, 0.15) is 23.2 Å². The number of hydrogen-bond acceptors (Lipinski definition) is 2. The highest BCUT2D eigenvalue weighted by molar-refractivity contribution is 14.1. The molecule has 1 aliphatic rings. The fourth-order valence-corrected chi connectivity index (χ4v) is 4.88. The Hall–Kier alpha value is 0.840. The van der Waals surface area contributed by atoms with E-state index >= 15 is 0 Å². The number of piperidine rings is 1. The molecule has 1 N–H and O–H groups in total.